The third-order valence-corrected chi connectivity index (χ3v) is 5.06. The number of para-hydroxylation sites is 2. The van der Waals surface area contributed by atoms with Gasteiger partial charge in [0.25, 0.3) is 0 Å². The van der Waals surface area contributed by atoms with Gasteiger partial charge in [-0.3, -0.25) is 15.2 Å². The predicted octanol–water partition coefficient (Wildman–Crippen LogP) is 2.90. The van der Waals surface area contributed by atoms with Gasteiger partial charge in [-0.25, -0.2) is 4.39 Å². The molecule has 2 aromatic carbocycles. The van der Waals surface area contributed by atoms with Gasteiger partial charge in [-0.15, -0.1) is 0 Å². The van der Waals surface area contributed by atoms with Crippen molar-refractivity contribution in [3.05, 3.63) is 66.0 Å². The van der Waals surface area contributed by atoms with E-state index in [1.54, 1.807) is 19.2 Å². The molecule has 27 heavy (non-hydrogen) atoms. The topological polar surface area (TPSA) is 37.0 Å². The first kappa shape index (κ1) is 17.8. The van der Waals surface area contributed by atoms with E-state index in [0.29, 0.717) is 0 Å². The van der Waals surface area contributed by atoms with Gasteiger partial charge in [0.1, 0.15) is 17.7 Å². The zero-order valence-electron chi connectivity index (χ0n) is 15.4. The van der Waals surface area contributed by atoms with E-state index in [1.165, 1.54) is 12.1 Å². The number of halogens is 1. The Morgan fingerprint density at radius 2 is 1.81 bits per heavy atom. The summed E-state index contributed by atoms with van der Waals surface area (Å²) in [5.41, 5.74) is 5.94. The number of benzene rings is 2. The van der Waals surface area contributed by atoms with Crippen LogP contribution in [0.25, 0.3) is 5.70 Å². The van der Waals surface area contributed by atoms with Crippen LogP contribution in [0, 0.1) is 5.82 Å². The summed E-state index contributed by atoms with van der Waals surface area (Å²) in [4.78, 5) is 10.5. The van der Waals surface area contributed by atoms with Crippen molar-refractivity contribution in [2.45, 2.75) is 6.10 Å². The minimum absolute atomic E-state index is 0.0112. The van der Waals surface area contributed by atoms with Gasteiger partial charge in [0, 0.05) is 32.7 Å². The molecule has 0 aliphatic carbocycles. The van der Waals surface area contributed by atoms with Crippen molar-refractivity contribution < 1.29 is 14.0 Å². The average Bonchev–Trinajstić information content (AvgIpc) is 3.17. The minimum Gasteiger partial charge on any atom is -0.495 e. The minimum atomic E-state index is -0.234. The summed E-state index contributed by atoms with van der Waals surface area (Å²) in [6, 6.07) is 14.6. The second-order valence-electron chi connectivity index (χ2n) is 6.81. The van der Waals surface area contributed by atoms with E-state index in [4.69, 9.17) is 9.57 Å². The smallest absolute Gasteiger partial charge is 0.142 e. The monoisotopic (exact) mass is 369 g/mol. The number of nitrogens with zero attached hydrogens (tertiary/aromatic N) is 2. The molecule has 2 aliphatic heterocycles. The van der Waals surface area contributed by atoms with Gasteiger partial charge in [-0.2, -0.15) is 0 Å². The van der Waals surface area contributed by atoms with Crippen LogP contribution in [0.3, 0.4) is 0 Å². The Morgan fingerprint density at radius 3 is 2.56 bits per heavy atom. The van der Waals surface area contributed by atoms with Crippen molar-refractivity contribution in [2.75, 3.05) is 44.7 Å². The van der Waals surface area contributed by atoms with Crippen LogP contribution in [0.4, 0.5) is 10.1 Å². The molecule has 0 spiro atoms. The van der Waals surface area contributed by atoms with Crippen LogP contribution in [0.5, 0.6) is 5.75 Å². The molecule has 0 aromatic heterocycles. The van der Waals surface area contributed by atoms with Gasteiger partial charge in [0.05, 0.1) is 18.5 Å². The lowest BCUT2D eigenvalue weighted by Crippen LogP contribution is -2.48. The molecule has 1 saturated heterocycles. The summed E-state index contributed by atoms with van der Waals surface area (Å²) in [6.07, 6.45) is 2.06. The molecule has 1 unspecified atom stereocenters. The summed E-state index contributed by atoms with van der Waals surface area (Å²) in [5, 5.41) is 0. The van der Waals surface area contributed by atoms with E-state index < -0.39 is 0 Å². The molecule has 1 N–H and O–H groups in total. The van der Waals surface area contributed by atoms with Crippen molar-refractivity contribution in [2.24, 2.45) is 0 Å². The molecule has 0 saturated carbocycles. The zero-order chi connectivity index (χ0) is 18.6. The van der Waals surface area contributed by atoms with Crippen molar-refractivity contribution >= 4 is 11.4 Å². The highest BCUT2D eigenvalue weighted by molar-refractivity contribution is 5.64. The van der Waals surface area contributed by atoms with Gasteiger partial charge in [-0.1, -0.05) is 12.1 Å². The second kappa shape index (κ2) is 7.98. The van der Waals surface area contributed by atoms with E-state index in [9.17, 15) is 4.39 Å². The van der Waals surface area contributed by atoms with Gasteiger partial charge in [0.15, 0.2) is 0 Å². The van der Waals surface area contributed by atoms with Crippen LogP contribution in [0.1, 0.15) is 5.56 Å². The molecule has 2 aromatic rings. The van der Waals surface area contributed by atoms with Crippen molar-refractivity contribution in [1.29, 1.82) is 0 Å². The molecule has 0 bridgehead atoms. The van der Waals surface area contributed by atoms with E-state index >= 15 is 0 Å². The standard InChI is InChI=1S/C21H24FN3O2/c1-26-21-5-3-2-4-20(21)25-12-10-24(11-13-25)15-18-14-19(23-27-18)16-6-8-17(22)9-7-16/h2-9,14,18,23H,10-13,15H2,1H3. The number of nitrogens with one attached hydrogen (secondary N) is 1. The summed E-state index contributed by atoms with van der Waals surface area (Å²) in [5.74, 6) is 0.684. The van der Waals surface area contributed by atoms with E-state index in [-0.39, 0.29) is 11.9 Å². The average molecular weight is 369 g/mol. The fourth-order valence-electron chi connectivity index (χ4n) is 3.58. The molecule has 1 fully saturated rings. The van der Waals surface area contributed by atoms with Gasteiger partial charge < -0.3 is 9.64 Å². The van der Waals surface area contributed by atoms with Crippen molar-refractivity contribution in [3.8, 4) is 5.75 Å². The lowest BCUT2D eigenvalue weighted by atomic mass is 10.1. The van der Waals surface area contributed by atoms with E-state index in [0.717, 1.165) is 55.4 Å². The second-order valence-corrected chi connectivity index (χ2v) is 6.81. The number of hydroxylamine groups is 1. The predicted molar refractivity (Wildman–Crippen MR) is 104 cm³/mol. The Kier molecular flexibility index (Phi) is 5.27. The van der Waals surface area contributed by atoms with E-state index in [1.807, 2.05) is 18.2 Å². The fourth-order valence-corrected chi connectivity index (χ4v) is 3.58. The SMILES string of the molecule is COc1ccccc1N1CCN(CC2C=C(c3ccc(F)cc3)NO2)CC1. The number of rotatable bonds is 5. The molecule has 142 valence electrons. The Balaban J connectivity index is 1.32. The zero-order valence-corrected chi connectivity index (χ0v) is 15.4. The molecule has 2 aliphatic rings. The normalized spacial score (nSPS) is 20.3. The highest BCUT2D eigenvalue weighted by Gasteiger charge is 2.24. The number of ether oxygens (including phenoxy) is 1. The maximum atomic E-state index is 13.1. The number of hydrogen-bond acceptors (Lipinski definition) is 5. The van der Waals surface area contributed by atoms with Gasteiger partial charge in [0.2, 0.25) is 0 Å². The van der Waals surface area contributed by atoms with Crippen molar-refractivity contribution in [3.63, 3.8) is 0 Å². The number of hydrogen-bond donors (Lipinski definition) is 1. The Labute approximate surface area is 158 Å². The van der Waals surface area contributed by atoms with Crippen LogP contribution in [-0.4, -0.2) is 50.8 Å². The Morgan fingerprint density at radius 1 is 1.07 bits per heavy atom. The molecular formula is C21H24FN3O2. The Hall–Kier alpha value is -2.57. The maximum Gasteiger partial charge on any atom is 0.142 e. The third kappa shape index (κ3) is 4.07. The van der Waals surface area contributed by atoms with Crippen molar-refractivity contribution in [1.82, 2.24) is 10.4 Å². The van der Waals surface area contributed by atoms with Gasteiger partial charge >= 0.3 is 0 Å². The molecule has 1 atom stereocenters. The summed E-state index contributed by atoms with van der Waals surface area (Å²) < 4.78 is 18.6. The molecule has 0 amide bonds. The lowest BCUT2D eigenvalue weighted by Gasteiger charge is -2.37. The van der Waals surface area contributed by atoms with Crippen LogP contribution in [-0.2, 0) is 4.84 Å². The first-order valence-electron chi connectivity index (χ1n) is 9.22. The maximum absolute atomic E-state index is 13.1. The lowest BCUT2D eigenvalue weighted by molar-refractivity contribution is 0.0273. The molecule has 6 heteroatoms. The third-order valence-electron chi connectivity index (χ3n) is 5.06. The molecular weight excluding hydrogens is 345 g/mol. The van der Waals surface area contributed by atoms with Crippen LogP contribution < -0.4 is 15.1 Å². The highest BCUT2D eigenvalue weighted by atomic mass is 19.1. The fraction of sp³-hybridized carbons (Fsp3) is 0.333. The number of methoxy groups -OCH3 is 1. The molecule has 4 rings (SSSR count). The van der Waals surface area contributed by atoms with E-state index in [2.05, 4.69) is 27.4 Å². The Bertz CT molecular complexity index is 801. The molecule has 2 heterocycles. The van der Waals surface area contributed by atoms with Crippen LogP contribution in [0.2, 0.25) is 0 Å². The first-order chi connectivity index (χ1) is 13.2. The van der Waals surface area contributed by atoms with Gasteiger partial charge in [-0.05, 0) is 48.0 Å². The first-order valence-corrected chi connectivity index (χ1v) is 9.22. The number of anilines is 1. The van der Waals surface area contributed by atoms with Crippen LogP contribution in [0.15, 0.2) is 54.6 Å². The summed E-state index contributed by atoms with van der Waals surface area (Å²) in [7, 11) is 1.71. The van der Waals surface area contributed by atoms with Crippen LogP contribution >= 0.6 is 0 Å². The summed E-state index contributed by atoms with van der Waals surface area (Å²) >= 11 is 0. The number of piperazine rings is 1. The summed E-state index contributed by atoms with van der Waals surface area (Å²) in [6.45, 7) is 4.68. The quantitative estimate of drug-likeness (QED) is 0.877. The highest BCUT2D eigenvalue weighted by Crippen LogP contribution is 2.28. The molecule has 5 nitrogen and oxygen atoms in total. The molecule has 0 radical (unpaired) electrons. The largest absolute Gasteiger partial charge is 0.495 e.